The maximum absolute atomic E-state index is 13.3. The first kappa shape index (κ1) is 24.6. The quantitative estimate of drug-likeness (QED) is 0.592. The molecular weight excluding hydrogens is 478 g/mol. The molecule has 4 rings (SSSR count). The molecule has 0 radical (unpaired) electrons. The second-order valence-corrected chi connectivity index (χ2v) is 12.4. The number of amides is 1. The molecule has 2 aliphatic heterocycles. The predicted octanol–water partition coefficient (Wildman–Crippen LogP) is 1.93. The summed E-state index contributed by atoms with van der Waals surface area (Å²) >= 11 is 0. The fourth-order valence-electron chi connectivity index (χ4n) is 4.26. The van der Waals surface area contributed by atoms with E-state index in [1.807, 2.05) is 6.92 Å². The number of piperazine rings is 1. The van der Waals surface area contributed by atoms with E-state index < -0.39 is 20.0 Å². The summed E-state index contributed by atoms with van der Waals surface area (Å²) in [4.78, 5) is 14.8. The summed E-state index contributed by atoms with van der Waals surface area (Å²) in [5.41, 5.74) is 1.17. The van der Waals surface area contributed by atoms with Crippen molar-refractivity contribution in [2.45, 2.75) is 29.6 Å². The smallest absolute Gasteiger partial charge is 0.257 e. The predicted molar refractivity (Wildman–Crippen MR) is 127 cm³/mol. The second kappa shape index (κ2) is 9.65. The van der Waals surface area contributed by atoms with Gasteiger partial charge in [-0.2, -0.15) is 8.61 Å². The lowest BCUT2D eigenvalue weighted by molar-refractivity contribution is 0.0789. The molecule has 0 atom stereocenters. The van der Waals surface area contributed by atoms with Gasteiger partial charge in [0.05, 0.1) is 22.5 Å². The highest BCUT2D eigenvalue weighted by Gasteiger charge is 2.34. The Morgan fingerprint density at radius 1 is 0.765 bits per heavy atom. The van der Waals surface area contributed by atoms with Crippen LogP contribution in [-0.2, 0) is 20.0 Å². The summed E-state index contributed by atoms with van der Waals surface area (Å²) in [7, 11) is -6.18. The maximum atomic E-state index is 13.3. The Bertz CT molecular complexity index is 1260. The Hall–Kier alpha value is -2.47. The molecule has 11 heteroatoms. The second-order valence-electron chi connectivity index (χ2n) is 8.48. The molecule has 2 fully saturated rings. The minimum Gasteiger partial charge on any atom is -0.496 e. The van der Waals surface area contributed by atoms with Crippen molar-refractivity contribution in [3.8, 4) is 5.75 Å². The van der Waals surface area contributed by atoms with Crippen molar-refractivity contribution in [2.24, 2.45) is 0 Å². The number of ether oxygens (including phenoxy) is 1. The molecule has 2 heterocycles. The molecule has 0 saturated carbocycles. The molecule has 1 amide bonds. The minimum absolute atomic E-state index is 0.00862. The summed E-state index contributed by atoms with van der Waals surface area (Å²) in [5.74, 6) is 0.0743. The first-order valence-electron chi connectivity index (χ1n) is 11.2. The van der Waals surface area contributed by atoms with Crippen LogP contribution in [0.15, 0.2) is 52.3 Å². The lowest BCUT2D eigenvalue weighted by Crippen LogP contribution is -2.50. The van der Waals surface area contributed by atoms with Crippen molar-refractivity contribution in [1.82, 2.24) is 13.5 Å². The average molecular weight is 508 g/mol. The van der Waals surface area contributed by atoms with Gasteiger partial charge in [-0.1, -0.05) is 17.7 Å². The monoisotopic (exact) mass is 507 g/mol. The fourth-order valence-corrected chi connectivity index (χ4v) is 7.14. The molecule has 0 bridgehead atoms. The van der Waals surface area contributed by atoms with E-state index in [0.29, 0.717) is 18.8 Å². The van der Waals surface area contributed by atoms with Crippen LogP contribution >= 0.6 is 0 Å². The molecule has 2 aromatic carbocycles. The molecule has 0 unspecified atom stereocenters. The van der Waals surface area contributed by atoms with Crippen LogP contribution in [0.2, 0.25) is 0 Å². The van der Waals surface area contributed by atoms with Crippen LogP contribution < -0.4 is 4.74 Å². The standard InChI is InChI=1S/C23H29N3O6S2/c1-18-5-7-19(8-6-18)33(28,29)25-13-15-26(16-14-25)34(30,31)20-9-10-22(32-2)21(17-20)23(27)24-11-3-4-12-24/h5-10,17H,3-4,11-16H2,1-2H3. The van der Waals surface area contributed by atoms with Crippen molar-refractivity contribution < 1.29 is 26.4 Å². The molecule has 9 nitrogen and oxygen atoms in total. The van der Waals surface area contributed by atoms with Gasteiger partial charge < -0.3 is 9.64 Å². The van der Waals surface area contributed by atoms with Crippen molar-refractivity contribution in [3.63, 3.8) is 0 Å². The van der Waals surface area contributed by atoms with Crippen molar-refractivity contribution in [3.05, 3.63) is 53.6 Å². The Labute approximate surface area is 201 Å². The van der Waals surface area contributed by atoms with E-state index in [9.17, 15) is 21.6 Å². The van der Waals surface area contributed by atoms with E-state index in [0.717, 1.165) is 18.4 Å². The number of nitrogens with zero attached hydrogens (tertiary/aromatic N) is 3. The van der Waals surface area contributed by atoms with Gasteiger partial charge in [0.2, 0.25) is 20.0 Å². The van der Waals surface area contributed by atoms with Crippen molar-refractivity contribution in [2.75, 3.05) is 46.4 Å². The van der Waals surface area contributed by atoms with Gasteiger partial charge in [-0.15, -0.1) is 0 Å². The van der Waals surface area contributed by atoms with Gasteiger partial charge in [-0.3, -0.25) is 4.79 Å². The highest BCUT2D eigenvalue weighted by molar-refractivity contribution is 7.89. The van der Waals surface area contributed by atoms with Crippen LogP contribution in [0.4, 0.5) is 0 Å². The summed E-state index contributed by atoms with van der Waals surface area (Å²) < 4.78 is 60.4. The molecule has 0 aromatic heterocycles. The molecule has 34 heavy (non-hydrogen) atoms. The molecule has 2 aromatic rings. The number of carbonyl (C=O) groups is 1. The highest BCUT2D eigenvalue weighted by atomic mass is 32.2. The summed E-state index contributed by atoms with van der Waals surface area (Å²) in [6.45, 7) is 3.29. The zero-order valence-electron chi connectivity index (χ0n) is 19.3. The summed E-state index contributed by atoms with van der Waals surface area (Å²) in [5, 5.41) is 0. The van der Waals surface area contributed by atoms with Gasteiger partial charge in [-0.25, -0.2) is 16.8 Å². The Morgan fingerprint density at radius 3 is 1.79 bits per heavy atom. The SMILES string of the molecule is COc1ccc(S(=O)(=O)N2CCN(S(=O)(=O)c3ccc(C)cc3)CC2)cc1C(=O)N1CCCC1. The van der Waals surface area contributed by atoms with Gasteiger partial charge in [0, 0.05) is 39.3 Å². The summed E-state index contributed by atoms with van der Waals surface area (Å²) in [6, 6.07) is 10.9. The van der Waals surface area contributed by atoms with E-state index in [4.69, 9.17) is 4.74 Å². The average Bonchev–Trinajstić information content (AvgIpc) is 3.38. The van der Waals surface area contributed by atoms with Gasteiger partial charge in [0.25, 0.3) is 5.91 Å². The topological polar surface area (TPSA) is 104 Å². The lowest BCUT2D eigenvalue weighted by atomic mass is 10.1. The van der Waals surface area contributed by atoms with Gasteiger partial charge in [-0.05, 0) is 50.1 Å². The van der Waals surface area contributed by atoms with Crippen LogP contribution in [0.5, 0.6) is 5.75 Å². The van der Waals surface area contributed by atoms with Gasteiger partial charge in [0.1, 0.15) is 5.75 Å². The number of sulfonamides is 2. The fraction of sp³-hybridized carbons (Fsp3) is 0.435. The first-order chi connectivity index (χ1) is 16.1. The lowest BCUT2D eigenvalue weighted by Gasteiger charge is -2.33. The number of rotatable bonds is 6. The number of aryl methyl sites for hydroxylation is 1. The van der Waals surface area contributed by atoms with E-state index >= 15 is 0 Å². The largest absolute Gasteiger partial charge is 0.496 e. The van der Waals surface area contributed by atoms with Crippen LogP contribution in [0, 0.1) is 6.92 Å². The molecule has 0 spiro atoms. The number of hydrogen-bond acceptors (Lipinski definition) is 6. The van der Waals surface area contributed by atoms with E-state index in [1.165, 1.54) is 33.9 Å². The van der Waals surface area contributed by atoms with Crippen LogP contribution in [0.1, 0.15) is 28.8 Å². The van der Waals surface area contributed by atoms with Gasteiger partial charge in [0.15, 0.2) is 0 Å². The van der Waals surface area contributed by atoms with Crippen molar-refractivity contribution >= 4 is 26.0 Å². The normalized spacial score (nSPS) is 18.2. The van der Waals surface area contributed by atoms with E-state index in [-0.39, 0.29) is 47.4 Å². The van der Waals surface area contributed by atoms with Crippen LogP contribution in [0.25, 0.3) is 0 Å². The van der Waals surface area contributed by atoms with E-state index in [1.54, 1.807) is 29.2 Å². The Morgan fingerprint density at radius 2 is 1.26 bits per heavy atom. The number of hydrogen-bond donors (Lipinski definition) is 0. The molecular formula is C23H29N3O6S2. The molecule has 2 aliphatic rings. The van der Waals surface area contributed by atoms with Crippen molar-refractivity contribution in [1.29, 1.82) is 0 Å². The third kappa shape index (κ3) is 4.70. The zero-order chi connectivity index (χ0) is 24.5. The minimum atomic E-state index is -3.92. The number of benzene rings is 2. The molecule has 0 N–H and O–H groups in total. The Balaban J connectivity index is 1.52. The zero-order valence-corrected chi connectivity index (χ0v) is 20.9. The van der Waals surface area contributed by atoms with Crippen LogP contribution in [0.3, 0.4) is 0 Å². The first-order valence-corrected chi connectivity index (χ1v) is 14.1. The Kier molecular flexibility index (Phi) is 6.99. The highest BCUT2D eigenvalue weighted by Crippen LogP contribution is 2.28. The number of likely N-dealkylation sites (tertiary alicyclic amines) is 1. The summed E-state index contributed by atoms with van der Waals surface area (Å²) in [6.07, 6.45) is 1.84. The number of methoxy groups -OCH3 is 1. The third-order valence-corrected chi connectivity index (χ3v) is 10.1. The molecule has 0 aliphatic carbocycles. The van der Waals surface area contributed by atoms with E-state index in [2.05, 4.69) is 0 Å². The number of carbonyl (C=O) groups excluding carboxylic acids is 1. The maximum Gasteiger partial charge on any atom is 0.257 e. The molecule has 184 valence electrons. The third-order valence-electron chi connectivity index (χ3n) is 6.29. The van der Waals surface area contributed by atoms with Crippen LogP contribution in [-0.4, -0.2) is 82.6 Å². The van der Waals surface area contributed by atoms with Gasteiger partial charge >= 0.3 is 0 Å². The molecule has 2 saturated heterocycles.